The van der Waals surface area contributed by atoms with Gasteiger partial charge in [-0.15, -0.1) is 0 Å². The molecule has 0 aromatic rings. The summed E-state index contributed by atoms with van der Waals surface area (Å²) in [6, 6.07) is 0.485. The van der Waals surface area contributed by atoms with Gasteiger partial charge in [0, 0.05) is 39.1 Å². The molecule has 1 heterocycles. The Kier molecular flexibility index (Phi) is 5.77. The van der Waals surface area contributed by atoms with Crippen LogP contribution in [0.25, 0.3) is 0 Å². The topological polar surface area (TPSA) is 35.6 Å². The van der Waals surface area contributed by atoms with Gasteiger partial charge in [-0.05, 0) is 19.5 Å². The fraction of sp³-hybridized carbons (Fsp3) is 0.917. The first-order chi connectivity index (χ1) is 7.67. The summed E-state index contributed by atoms with van der Waals surface area (Å²) in [5, 5.41) is 3.54. The number of hydrogen-bond donors (Lipinski definition) is 1. The van der Waals surface area contributed by atoms with Crippen molar-refractivity contribution in [2.75, 3.05) is 39.8 Å². The molecule has 1 saturated heterocycles. The van der Waals surface area contributed by atoms with Crippen molar-refractivity contribution in [1.82, 2.24) is 15.1 Å². The second kappa shape index (κ2) is 6.86. The maximum atomic E-state index is 11.3. The smallest absolute Gasteiger partial charge is 0.222 e. The van der Waals surface area contributed by atoms with Gasteiger partial charge in [0.15, 0.2) is 0 Å². The predicted octanol–water partition coefficient (Wildman–Crippen LogP) is 0.539. The number of carbonyl (C=O) groups excluding carboxylic acids is 1. The molecule has 1 N–H and O–H groups in total. The largest absolute Gasteiger partial charge is 0.344 e. The number of nitrogens with one attached hydrogen (secondary N) is 1. The van der Waals surface area contributed by atoms with Crippen molar-refractivity contribution in [2.45, 2.75) is 32.7 Å². The standard InChI is InChI=1S/C12H25N3O/c1-4-15(5-2)9-8-13-11-6-7-12(16)14(3)10-11/h11,13H,4-10H2,1-3H3. The van der Waals surface area contributed by atoms with E-state index in [1.165, 1.54) is 0 Å². The minimum atomic E-state index is 0.279. The Balaban J connectivity index is 2.16. The highest BCUT2D eigenvalue weighted by molar-refractivity contribution is 5.76. The first-order valence-electron chi connectivity index (χ1n) is 6.37. The quantitative estimate of drug-likeness (QED) is 0.719. The minimum absolute atomic E-state index is 0.279. The molecule has 0 spiro atoms. The molecule has 1 rings (SSSR count). The van der Waals surface area contributed by atoms with Crippen molar-refractivity contribution >= 4 is 5.91 Å². The van der Waals surface area contributed by atoms with E-state index in [4.69, 9.17) is 0 Å². The van der Waals surface area contributed by atoms with Gasteiger partial charge in [0.2, 0.25) is 5.91 Å². The van der Waals surface area contributed by atoms with Crippen LogP contribution in [0.5, 0.6) is 0 Å². The summed E-state index contributed by atoms with van der Waals surface area (Å²) < 4.78 is 0. The summed E-state index contributed by atoms with van der Waals surface area (Å²) in [6.45, 7) is 9.59. The normalized spacial score (nSPS) is 21.9. The summed E-state index contributed by atoms with van der Waals surface area (Å²) in [6.07, 6.45) is 1.68. The number of amides is 1. The van der Waals surface area contributed by atoms with E-state index in [1.807, 2.05) is 11.9 Å². The summed E-state index contributed by atoms with van der Waals surface area (Å²) >= 11 is 0. The van der Waals surface area contributed by atoms with E-state index in [0.29, 0.717) is 12.5 Å². The summed E-state index contributed by atoms with van der Waals surface area (Å²) in [5.74, 6) is 0.279. The van der Waals surface area contributed by atoms with Crippen LogP contribution >= 0.6 is 0 Å². The molecule has 1 aliphatic rings. The van der Waals surface area contributed by atoms with Crippen molar-refractivity contribution in [1.29, 1.82) is 0 Å². The van der Waals surface area contributed by atoms with Crippen LogP contribution in [0.4, 0.5) is 0 Å². The molecule has 94 valence electrons. The molecular weight excluding hydrogens is 202 g/mol. The van der Waals surface area contributed by atoms with Crippen molar-refractivity contribution in [2.24, 2.45) is 0 Å². The fourth-order valence-corrected chi connectivity index (χ4v) is 2.15. The predicted molar refractivity (Wildman–Crippen MR) is 66.4 cm³/mol. The Labute approximate surface area is 99.0 Å². The highest BCUT2D eigenvalue weighted by Crippen LogP contribution is 2.09. The molecule has 0 aliphatic carbocycles. The number of rotatable bonds is 6. The van der Waals surface area contributed by atoms with Crippen LogP contribution in [-0.2, 0) is 4.79 Å². The van der Waals surface area contributed by atoms with Gasteiger partial charge in [0.1, 0.15) is 0 Å². The molecule has 1 unspecified atom stereocenters. The third-order valence-electron chi connectivity index (χ3n) is 3.38. The van der Waals surface area contributed by atoms with Gasteiger partial charge < -0.3 is 15.1 Å². The van der Waals surface area contributed by atoms with Crippen molar-refractivity contribution < 1.29 is 4.79 Å². The van der Waals surface area contributed by atoms with Gasteiger partial charge in [-0.2, -0.15) is 0 Å². The lowest BCUT2D eigenvalue weighted by molar-refractivity contribution is -0.132. The van der Waals surface area contributed by atoms with Gasteiger partial charge in [0.25, 0.3) is 0 Å². The molecular formula is C12H25N3O. The number of piperidine rings is 1. The number of likely N-dealkylation sites (tertiary alicyclic amines) is 1. The zero-order chi connectivity index (χ0) is 12.0. The van der Waals surface area contributed by atoms with Crippen molar-refractivity contribution in [3.63, 3.8) is 0 Å². The van der Waals surface area contributed by atoms with E-state index < -0.39 is 0 Å². The average Bonchev–Trinajstić information content (AvgIpc) is 2.29. The van der Waals surface area contributed by atoms with E-state index in [-0.39, 0.29) is 5.91 Å². The van der Waals surface area contributed by atoms with Crippen molar-refractivity contribution in [3.8, 4) is 0 Å². The van der Waals surface area contributed by atoms with Crippen LogP contribution in [0.3, 0.4) is 0 Å². The van der Waals surface area contributed by atoms with E-state index in [1.54, 1.807) is 0 Å². The van der Waals surface area contributed by atoms with Crippen LogP contribution in [-0.4, -0.2) is 61.5 Å². The summed E-state index contributed by atoms with van der Waals surface area (Å²) in [5.41, 5.74) is 0. The highest BCUT2D eigenvalue weighted by Gasteiger charge is 2.21. The monoisotopic (exact) mass is 227 g/mol. The molecule has 0 saturated carbocycles. The maximum absolute atomic E-state index is 11.3. The fourth-order valence-electron chi connectivity index (χ4n) is 2.15. The molecule has 0 aromatic heterocycles. The molecule has 0 aromatic carbocycles. The maximum Gasteiger partial charge on any atom is 0.222 e. The zero-order valence-corrected chi connectivity index (χ0v) is 10.8. The molecule has 1 atom stereocenters. The highest BCUT2D eigenvalue weighted by atomic mass is 16.2. The Morgan fingerprint density at radius 3 is 2.69 bits per heavy atom. The van der Waals surface area contributed by atoms with Crippen molar-refractivity contribution in [3.05, 3.63) is 0 Å². The third-order valence-corrected chi connectivity index (χ3v) is 3.38. The Morgan fingerprint density at radius 1 is 1.44 bits per heavy atom. The van der Waals surface area contributed by atoms with Gasteiger partial charge in [0.05, 0.1) is 0 Å². The Morgan fingerprint density at radius 2 is 2.12 bits per heavy atom. The van der Waals surface area contributed by atoms with Gasteiger partial charge in [-0.1, -0.05) is 13.8 Å². The lowest BCUT2D eigenvalue weighted by Gasteiger charge is -2.31. The SMILES string of the molecule is CCN(CC)CCNC1CCC(=O)N(C)C1. The molecule has 16 heavy (non-hydrogen) atoms. The van der Waals surface area contributed by atoms with Crippen LogP contribution in [0.15, 0.2) is 0 Å². The Hall–Kier alpha value is -0.610. The first-order valence-corrected chi connectivity index (χ1v) is 6.37. The van der Waals surface area contributed by atoms with Crippen LogP contribution in [0, 0.1) is 0 Å². The minimum Gasteiger partial charge on any atom is -0.344 e. The molecule has 1 aliphatic heterocycles. The van der Waals surface area contributed by atoms with Gasteiger partial charge in [-0.25, -0.2) is 0 Å². The van der Waals surface area contributed by atoms with E-state index in [2.05, 4.69) is 24.1 Å². The second-order valence-corrected chi connectivity index (χ2v) is 4.49. The van der Waals surface area contributed by atoms with E-state index in [9.17, 15) is 4.79 Å². The number of nitrogens with zero attached hydrogens (tertiary/aromatic N) is 2. The molecule has 1 fully saturated rings. The molecule has 1 amide bonds. The molecule has 0 bridgehead atoms. The average molecular weight is 227 g/mol. The summed E-state index contributed by atoms with van der Waals surface area (Å²) in [7, 11) is 1.89. The van der Waals surface area contributed by atoms with Gasteiger partial charge >= 0.3 is 0 Å². The number of hydrogen-bond acceptors (Lipinski definition) is 3. The number of likely N-dealkylation sites (N-methyl/N-ethyl adjacent to an activating group) is 2. The second-order valence-electron chi connectivity index (χ2n) is 4.49. The lowest BCUT2D eigenvalue weighted by Crippen LogP contribution is -2.48. The van der Waals surface area contributed by atoms with E-state index in [0.717, 1.165) is 39.1 Å². The lowest BCUT2D eigenvalue weighted by atomic mass is 10.1. The van der Waals surface area contributed by atoms with Crippen LogP contribution in [0.2, 0.25) is 0 Å². The molecule has 4 nitrogen and oxygen atoms in total. The zero-order valence-electron chi connectivity index (χ0n) is 10.8. The van der Waals surface area contributed by atoms with Crippen LogP contribution in [0.1, 0.15) is 26.7 Å². The molecule has 4 heteroatoms. The third kappa shape index (κ3) is 4.10. The summed E-state index contributed by atoms with van der Waals surface area (Å²) in [4.78, 5) is 15.5. The van der Waals surface area contributed by atoms with E-state index >= 15 is 0 Å². The van der Waals surface area contributed by atoms with Gasteiger partial charge in [-0.3, -0.25) is 4.79 Å². The molecule has 0 radical (unpaired) electrons. The number of carbonyl (C=O) groups is 1. The first kappa shape index (κ1) is 13.5. The Bertz CT molecular complexity index is 216. The van der Waals surface area contributed by atoms with Crippen LogP contribution < -0.4 is 5.32 Å².